The third-order valence-corrected chi connectivity index (χ3v) is 7.27. The highest BCUT2D eigenvalue weighted by molar-refractivity contribution is 7.99. The second-order valence-electron chi connectivity index (χ2n) is 7.55. The van der Waals surface area contributed by atoms with Crippen molar-refractivity contribution in [3.8, 4) is 11.1 Å². The summed E-state index contributed by atoms with van der Waals surface area (Å²) >= 11 is 6.34. The molecular weight excluding hydrogens is 402 g/mol. The molecule has 30 heavy (non-hydrogen) atoms. The molecule has 0 aliphatic heterocycles. The van der Waals surface area contributed by atoms with Crippen molar-refractivity contribution in [1.29, 1.82) is 0 Å². The molecule has 1 nitrogen and oxygen atoms in total. The standard InChI is InChI=1S/C27H23NS2/c28-17-18-30-22-15-11-20(12-16-22)27(19-9-13-21(29)14-10-19)25-7-3-1-5-23(25)24-6-2-4-8-26(24)27/h1-16,29H,17-18,28H2. The Hall–Kier alpha value is -2.46. The van der Waals surface area contributed by atoms with Gasteiger partial charge >= 0.3 is 0 Å². The lowest BCUT2D eigenvalue weighted by Gasteiger charge is -2.34. The fraction of sp³-hybridized carbons (Fsp3) is 0.111. The summed E-state index contributed by atoms with van der Waals surface area (Å²) in [6.45, 7) is 0.688. The van der Waals surface area contributed by atoms with Gasteiger partial charge in [0.1, 0.15) is 0 Å². The van der Waals surface area contributed by atoms with Gasteiger partial charge in [0.05, 0.1) is 5.41 Å². The normalized spacial score (nSPS) is 13.7. The van der Waals surface area contributed by atoms with Crippen molar-refractivity contribution >= 4 is 24.4 Å². The van der Waals surface area contributed by atoms with Crippen molar-refractivity contribution in [2.45, 2.75) is 15.2 Å². The first-order chi connectivity index (χ1) is 14.7. The lowest BCUT2D eigenvalue weighted by molar-refractivity contribution is 0.766. The van der Waals surface area contributed by atoms with Crippen molar-refractivity contribution in [2.24, 2.45) is 5.73 Å². The summed E-state index contributed by atoms with van der Waals surface area (Å²) in [6, 6.07) is 35.3. The maximum atomic E-state index is 5.69. The third kappa shape index (κ3) is 3.01. The summed E-state index contributed by atoms with van der Waals surface area (Å²) in [5, 5.41) is 0. The average molecular weight is 426 g/mol. The molecule has 2 N–H and O–H groups in total. The Bertz CT molecular complexity index is 1130. The van der Waals surface area contributed by atoms with Crippen LogP contribution in [0.4, 0.5) is 0 Å². The van der Waals surface area contributed by atoms with Gasteiger partial charge in [-0.3, -0.25) is 0 Å². The van der Waals surface area contributed by atoms with Gasteiger partial charge in [-0.05, 0) is 57.6 Å². The van der Waals surface area contributed by atoms with Crippen LogP contribution in [-0.4, -0.2) is 12.3 Å². The summed E-state index contributed by atoms with van der Waals surface area (Å²) in [5.41, 5.74) is 13.2. The maximum Gasteiger partial charge on any atom is 0.0713 e. The summed E-state index contributed by atoms with van der Waals surface area (Å²) in [6.07, 6.45) is 0. The molecule has 0 spiro atoms. The van der Waals surface area contributed by atoms with E-state index in [1.165, 1.54) is 38.3 Å². The molecule has 0 heterocycles. The van der Waals surface area contributed by atoms with E-state index in [1.54, 1.807) is 11.8 Å². The van der Waals surface area contributed by atoms with Crippen LogP contribution >= 0.6 is 24.4 Å². The zero-order valence-electron chi connectivity index (χ0n) is 16.6. The second-order valence-corrected chi connectivity index (χ2v) is 9.23. The second kappa shape index (κ2) is 7.99. The van der Waals surface area contributed by atoms with E-state index in [-0.39, 0.29) is 5.41 Å². The Morgan fingerprint density at radius 2 is 1.17 bits per heavy atom. The van der Waals surface area contributed by atoms with Gasteiger partial charge in [0.15, 0.2) is 0 Å². The van der Waals surface area contributed by atoms with Crippen LogP contribution in [0.15, 0.2) is 107 Å². The Kier molecular flexibility index (Phi) is 5.20. The molecule has 0 bridgehead atoms. The molecule has 0 fully saturated rings. The van der Waals surface area contributed by atoms with Crippen LogP contribution in [0.3, 0.4) is 0 Å². The molecule has 0 aromatic heterocycles. The van der Waals surface area contributed by atoms with Crippen LogP contribution in [-0.2, 0) is 5.41 Å². The fourth-order valence-electron chi connectivity index (χ4n) is 4.71. The van der Waals surface area contributed by atoms with Crippen LogP contribution in [0.2, 0.25) is 0 Å². The van der Waals surface area contributed by atoms with Crippen molar-refractivity contribution in [3.05, 3.63) is 119 Å². The van der Waals surface area contributed by atoms with Crippen LogP contribution in [0.5, 0.6) is 0 Å². The van der Waals surface area contributed by atoms with Crippen molar-refractivity contribution in [2.75, 3.05) is 12.3 Å². The quantitative estimate of drug-likeness (QED) is 0.252. The van der Waals surface area contributed by atoms with Crippen molar-refractivity contribution in [3.63, 3.8) is 0 Å². The smallest absolute Gasteiger partial charge is 0.0713 e. The van der Waals surface area contributed by atoms with E-state index in [9.17, 15) is 0 Å². The van der Waals surface area contributed by atoms with E-state index in [4.69, 9.17) is 5.73 Å². The SMILES string of the molecule is NCCSc1ccc(C2(c3ccc(S)cc3)c3ccccc3-c3ccccc32)cc1. The van der Waals surface area contributed by atoms with Crippen LogP contribution in [0, 0.1) is 0 Å². The number of fused-ring (bicyclic) bond motifs is 3. The highest BCUT2D eigenvalue weighted by Gasteiger charge is 2.45. The first-order valence-corrected chi connectivity index (χ1v) is 11.6. The van der Waals surface area contributed by atoms with Crippen LogP contribution in [0.1, 0.15) is 22.3 Å². The molecule has 0 atom stereocenters. The molecular formula is C27H23NS2. The number of benzene rings is 4. The Balaban J connectivity index is 1.80. The molecule has 0 saturated heterocycles. The first kappa shape index (κ1) is 19.5. The fourth-order valence-corrected chi connectivity index (χ4v) is 5.54. The molecule has 148 valence electrons. The van der Waals surface area contributed by atoms with E-state index < -0.39 is 0 Å². The monoisotopic (exact) mass is 425 g/mol. The highest BCUT2D eigenvalue weighted by atomic mass is 32.2. The first-order valence-electron chi connectivity index (χ1n) is 10.2. The van der Waals surface area contributed by atoms with Gasteiger partial charge in [0.2, 0.25) is 0 Å². The van der Waals surface area contributed by atoms with Gasteiger partial charge in [0.25, 0.3) is 0 Å². The van der Waals surface area contributed by atoms with Gasteiger partial charge in [-0.2, -0.15) is 0 Å². The van der Waals surface area contributed by atoms with Gasteiger partial charge in [0, 0.05) is 22.1 Å². The highest BCUT2D eigenvalue weighted by Crippen LogP contribution is 2.56. The van der Waals surface area contributed by atoms with Crippen molar-refractivity contribution < 1.29 is 0 Å². The molecule has 1 aliphatic rings. The van der Waals surface area contributed by atoms with E-state index in [0.717, 1.165) is 10.6 Å². The number of thioether (sulfide) groups is 1. The van der Waals surface area contributed by atoms with Crippen LogP contribution < -0.4 is 5.73 Å². The zero-order chi connectivity index (χ0) is 20.6. The molecule has 0 radical (unpaired) electrons. The molecule has 5 rings (SSSR count). The third-order valence-electron chi connectivity index (χ3n) is 5.93. The Morgan fingerprint density at radius 3 is 1.70 bits per heavy atom. The summed E-state index contributed by atoms with van der Waals surface area (Å²) in [7, 11) is 0. The van der Waals surface area contributed by atoms with Gasteiger partial charge in [-0.1, -0.05) is 72.8 Å². The Labute approximate surface area is 187 Å². The van der Waals surface area contributed by atoms with E-state index >= 15 is 0 Å². The lowest BCUT2D eigenvalue weighted by atomic mass is 9.68. The molecule has 4 aromatic carbocycles. The minimum atomic E-state index is -0.342. The molecule has 3 heteroatoms. The topological polar surface area (TPSA) is 26.0 Å². The van der Waals surface area contributed by atoms with E-state index in [0.29, 0.717) is 6.54 Å². The number of hydrogen-bond acceptors (Lipinski definition) is 3. The van der Waals surface area contributed by atoms with Crippen molar-refractivity contribution in [1.82, 2.24) is 0 Å². The summed E-state index contributed by atoms with van der Waals surface area (Å²) in [5.74, 6) is 0.930. The molecule has 1 aliphatic carbocycles. The van der Waals surface area contributed by atoms with Gasteiger partial charge in [-0.25, -0.2) is 0 Å². The number of nitrogens with two attached hydrogens (primary N) is 1. The van der Waals surface area contributed by atoms with Gasteiger partial charge < -0.3 is 5.73 Å². The molecule has 0 unspecified atom stereocenters. The number of rotatable bonds is 5. The summed E-state index contributed by atoms with van der Waals surface area (Å²) in [4.78, 5) is 2.23. The molecule has 4 aromatic rings. The molecule has 0 amide bonds. The minimum absolute atomic E-state index is 0.342. The minimum Gasteiger partial charge on any atom is -0.330 e. The summed E-state index contributed by atoms with van der Waals surface area (Å²) < 4.78 is 0. The number of hydrogen-bond donors (Lipinski definition) is 2. The Morgan fingerprint density at radius 1 is 0.667 bits per heavy atom. The lowest BCUT2D eigenvalue weighted by Crippen LogP contribution is -2.28. The van der Waals surface area contributed by atoms with Crippen LogP contribution in [0.25, 0.3) is 11.1 Å². The zero-order valence-corrected chi connectivity index (χ0v) is 18.3. The predicted molar refractivity (Wildman–Crippen MR) is 131 cm³/mol. The molecule has 0 saturated carbocycles. The predicted octanol–water partition coefficient (Wildman–Crippen LogP) is 6.39. The largest absolute Gasteiger partial charge is 0.330 e. The van der Waals surface area contributed by atoms with E-state index in [2.05, 4.69) is 110 Å². The van der Waals surface area contributed by atoms with E-state index in [1.807, 2.05) is 0 Å². The number of thiol groups is 1. The average Bonchev–Trinajstić information content (AvgIpc) is 3.10. The maximum absolute atomic E-state index is 5.69. The van der Waals surface area contributed by atoms with Gasteiger partial charge in [-0.15, -0.1) is 24.4 Å².